The van der Waals surface area contributed by atoms with Gasteiger partial charge in [0.2, 0.25) is 6.79 Å². The Kier molecular flexibility index (Phi) is 4.35. The van der Waals surface area contributed by atoms with Gasteiger partial charge in [-0.3, -0.25) is 4.79 Å². The highest BCUT2D eigenvalue weighted by atomic mass is 16.7. The zero-order chi connectivity index (χ0) is 17.9. The Labute approximate surface area is 151 Å². The minimum absolute atomic E-state index is 0.171. The number of rotatable bonds is 5. The van der Waals surface area contributed by atoms with Crippen molar-refractivity contribution in [1.29, 1.82) is 0 Å². The van der Waals surface area contributed by atoms with Crippen molar-refractivity contribution in [2.45, 2.75) is 19.6 Å². The lowest BCUT2D eigenvalue weighted by atomic mass is 10.1. The smallest absolute Gasteiger partial charge is 0.261 e. The lowest BCUT2D eigenvalue weighted by Gasteiger charge is -2.16. The summed E-state index contributed by atoms with van der Waals surface area (Å²) in [5, 5.41) is 4.97. The van der Waals surface area contributed by atoms with Gasteiger partial charge in [-0.25, -0.2) is 0 Å². The van der Waals surface area contributed by atoms with Crippen LogP contribution in [0.2, 0.25) is 0 Å². The molecule has 0 aliphatic carbocycles. The summed E-state index contributed by atoms with van der Waals surface area (Å²) in [5.41, 5.74) is 0.944. The highest BCUT2D eigenvalue weighted by Gasteiger charge is 2.17. The summed E-state index contributed by atoms with van der Waals surface area (Å²) in [6.07, 6.45) is -0.602. The van der Waals surface area contributed by atoms with E-state index in [1.54, 1.807) is 6.92 Å². The number of fused-ring (bicyclic) bond motifs is 2. The Bertz CT molecular complexity index is 948. The van der Waals surface area contributed by atoms with E-state index in [1.165, 1.54) is 0 Å². The molecule has 5 nitrogen and oxygen atoms in total. The molecule has 1 N–H and O–H groups in total. The van der Waals surface area contributed by atoms with Crippen LogP contribution in [0.4, 0.5) is 0 Å². The first-order valence-electron chi connectivity index (χ1n) is 8.51. The molecular formula is C21H19NO4. The molecule has 4 rings (SSSR count). The molecule has 0 saturated heterocycles. The van der Waals surface area contributed by atoms with E-state index in [2.05, 4.69) is 5.32 Å². The van der Waals surface area contributed by atoms with Gasteiger partial charge in [0, 0.05) is 11.9 Å². The first-order valence-corrected chi connectivity index (χ1v) is 8.51. The molecule has 0 spiro atoms. The second-order valence-electron chi connectivity index (χ2n) is 6.14. The van der Waals surface area contributed by atoms with Gasteiger partial charge < -0.3 is 19.5 Å². The lowest BCUT2D eigenvalue weighted by molar-refractivity contribution is -0.127. The molecule has 1 atom stereocenters. The molecule has 0 radical (unpaired) electrons. The first kappa shape index (κ1) is 16.3. The number of hydrogen-bond acceptors (Lipinski definition) is 4. The molecule has 1 heterocycles. The van der Waals surface area contributed by atoms with Crippen LogP contribution in [0, 0.1) is 0 Å². The maximum absolute atomic E-state index is 12.4. The van der Waals surface area contributed by atoms with Crippen molar-refractivity contribution < 1.29 is 19.0 Å². The Morgan fingerprint density at radius 2 is 1.88 bits per heavy atom. The Balaban J connectivity index is 1.40. The quantitative estimate of drug-likeness (QED) is 0.764. The van der Waals surface area contributed by atoms with E-state index in [0.717, 1.165) is 22.1 Å². The normalized spacial score (nSPS) is 13.4. The van der Waals surface area contributed by atoms with Crippen LogP contribution in [-0.4, -0.2) is 18.8 Å². The van der Waals surface area contributed by atoms with Gasteiger partial charge in [0.15, 0.2) is 17.6 Å². The van der Waals surface area contributed by atoms with Gasteiger partial charge in [0.1, 0.15) is 5.75 Å². The van der Waals surface area contributed by atoms with Crippen molar-refractivity contribution in [3.05, 3.63) is 66.2 Å². The van der Waals surface area contributed by atoms with Crippen molar-refractivity contribution in [3.63, 3.8) is 0 Å². The maximum atomic E-state index is 12.4. The second kappa shape index (κ2) is 6.96. The van der Waals surface area contributed by atoms with Crippen molar-refractivity contribution in [1.82, 2.24) is 5.32 Å². The second-order valence-corrected chi connectivity index (χ2v) is 6.14. The van der Waals surface area contributed by atoms with Crippen LogP contribution in [0.1, 0.15) is 12.5 Å². The molecule has 132 valence electrons. The average molecular weight is 349 g/mol. The number of carbonyl (C=O) groups excluding carboxylic acids is 1. The highest BCUT2D eigenvalue weighted by molar-refractivity contribution is 5.89. The average Bonchev–Trinajstić information content (AvgIpc) is 3.14. The number of amides is 1. The Morgan fingerprint density at radius 1 is 1.08 bits per heavy atom. The lowest BCUT2D eigenvalue weighted by Crippen LogP contribution is -2.35. The largest absolute Gasteiger partial charge is 0.480 e. The SMILES string of the molecule is C[C@@H](Oc1cccc2ccccc12)C(=O)NCc1ccc2c(c1)OCO2. The monoisotopic (exact) mass is 349 g/mol. The van der Waals surface area contributed by atoms with Crippen molar-refractivity contribution in [3.8, 4) is 17.2 Å². The summed E-state index contributed by atoms with van der Waals surface area (Å²) in [5.74, 6) is 1.97. The van der Waals surface area contributed by atoms with Crippen LogP contribution in [0.25, 0.3) is 10.8 Å². The molecule has 3 aromatic carbocycles. The molecule has 5 heteroatoms. The van der Waals surface area contributed by atoms with E-state index in [9.17, 15) is 4.79 Å². The molecule has 0 saturated carbocycles. The molecule has 1 amide bonds. The van der Waals surface area contributed by atoms with E-state index in [4.69, 9.17) is 14.2 Å². The maximum Gasteiger partial charge on any atom is 0.261 e. The number of hydrogen-bond donors (Lipinski definition) is 1. The fraction of sp³-hybridized carbons (Fsp3) is 0.190. The molecule has 0 aromatic heterocycles. The predicted octanol–water partition coefficient (Wildman–Crippen LogP) is 3.65. The van der Waals surface area contributed by atoms with Crippen molar-refractivity contribution >= 4 is 16.7 Å². The zero-order valence-corrected chi connectivity index (χ0v) is 14.4. The van der Waals surface area contributed by atoms with E-state index in [-0.39, 0.29) is 12.7 Å². The molecule has 1 aliphatic rings. The summed E-state index contributed by atoms with van der Waals surface area (Å²) < 4.78 is 16.5. The van der Waals surface area contributed by atoms with Crippen LogP contribution >= 0.6 is 0 Å². The fourth-order valence-electron chi connectivity index (χ4n) is 2.93. The summed E-state index contributed by atoms with van der Waals surface area (Å²) in [7, 11) is 0. The van der Waals surface area contributed by atoms with Crippen molar-refractivity contribution in [2.75, 3.05) is 6.79 Å². The van der Waals surface area contributed by atoms with Gasteiger partial charge in [-0.2, -0.15) is 0 Å². The third-order valence-electron chi connectivity index (χ3n) is 4.33. The summed E-state index contributed by atoms with van der Waals surface area (Å²) in [6.45, 7) is 2.39. The predicted molar refractivity (Wildman–Crippen MR) is 98.4 cm³/mol. The van der Waals surface area contributed by atoms with Gasteiger partial charge in [-0.15, -0.1) is 0 Å². The number of carbonyl (C=O) groups is 1. The first-order chi connectivity index (χ1) is 12.7. The number of benzene rings is 3. The molecule has 0 fully saturated rings. The summed E-state index contributed by atoms with van der Waals surface area (Å²) >= 11 is 0. The fourth-order valence-corrected chi connectivity index (χ4v) is 2.93. The van der Waals surface area contributed by atoms with Crippen LogP contribution < -0.4 is 19.5 Å². The minimum Gasteiger partial charge on any atom is -0.480 e. The van der Waals surface area contributed by atoms with E-state index in [1.807, 2.05) is 60.7 Å². The number of nitrogens with one attached hydrogen (secondary N) is 1. The van der Waals surface area contributed by atoms with E-state index >= 15 is 0 Å². The molecule has 1 aliphatic heterocycles. The van der Waals surface area contributed by atoms with Crippen molar-refractivity contribution in [2.24, 2.45) is 0 Å². The number of ether oxygens (including phenoxy) is 3. The summed E-state index contributed by atoms with van der Waals surface area (Å²) in [6, 6.07) is 19.4. The Hall–Kier alpha value is -3.21. The van der Waals surface area contributed by atoms with E-state index in [0.29, 0.717) is 18.0 Å². The van der Waals surface area contributed by atoms with E-state index < -0.39 is 6.10 Å². The third kappa shape index (κ3) is 3.28. The van der Waals surface area contributed by atoms with Gasteiger partial charge in [-0.1, -0.05) is 42.5 Å². The van der Waals surface area contributed by atoms with Gasteiger partial charge in [-0.05, 0) is 36.1 Å². The van der Waals surface area contributed by atoms with Gasteiger partial charge >= 0.3 is 0 Å². The molecule has 3 aromatic rings. The standard InChI is InChI=1S/C21H19NO4/c1-14(26-18-8-4-6-16-5-2-3-7-17(16)18)21(23)22-12-15-9-10-19-20(11-15)25-13-24-19/h2-11,14H,12-13H2,1H3,(H,22,23)/t14-/m1/s1. The van der Waals surface area contributed by atoms with Gasteiger partial charge in [0.25, 0.3) is 5.91 Å². The topological polar surface area (TPSA) is 56.8 Å². The molecule has 26 heavy (non-hydrogen) atoms. The highest BCUT2D eigenvalue weighted by Crippen LogP contribution is 2.32. The zero-order valence-electron chi connectivity index (χ0n) is 14.4. The Morgan fingerprint density at radius 3 is 2.81 bits per heavy atom. The molecule has 0 unspecified atom stereocenters. The van der Waals surface area contributed by atoms with Crippen LogP contribution in [0.3, 0.4) is 0 Å². The van der Waals surface area contributed by atoms with Crippen LogP contribution in [-0.2, 0) is 11.3 Å². The van der Waals surface area contributed by atoms with Gasteiger partial charge in [0.05, 0.1) is 0 Å². The summed E-state index contributed by atoms with van der Waals surface area (Å²) in [4.78, 5) is 12.4. The van der Waals surface area contributed by atoms with Crippen LogP contribution in [0.15, 0.2) is 60.7 Å². The molecular weight excluding hydrogens is 330 g/mol. The minimum atomic E-state index is -0.602. The van der Waals surface area contributed by atoms with Crippen LogP contribution in [0.5, 0.6) is 17.2 Å². The third-order valence-corrected chi connectivity index (χ3v) is 4.33. The molecule has 0 bridgehead atoms.